The normalized spacial score (nSPS) is 35.9. The van der Waals surface area contributed by atoms with Gasteiger partial charge in [0.25, 0.3) is 0 Å². The third kappa shape index (κ3) is 1.55. The first-order chi connectivity index (χ1) is 9.25. The van der Waals surface area contributed by atoms with Crippen LogP contribution in [-0.4, -0.2) is 46.3 Å². The van der Waals surface area contributed by atoms with Crippen LogP contribution < -0.4 is 5.32 Å². The molecule has 0 spiro atoms. The van der Waals surface area contributed by atoms with Crippen LogP contribution in [0.2, 0.25) is 0 Å². The van der Waals surface area contributed by atoms with Crippen LogP contribution >= 0.6 is 0 Å². The van der Waals surface area contributed by atoms with Crippen LogP contribution in [-0.2, 0) is 11.2 Å². The lowest BCUT2D eigenvalue weighted by Gasteiger charge is -2.24. The Morgan fingerprint density at radius 3 is 2.58 bits per heavy atom. The summed E-state index contributed by atoms with van der Waals surface area (Å²) in [4.78, 5) is 14.7. The molecule has 3 aliphatic rings. The zero-order chi connectivity index (χ0) is 13.0. The average Bonchev–Trinajstić information content (AvgIpc) is 3.10. The van der Waals surface area contributed by atoms with Gasteiger partial charge in [-0.3, -0.25) is 4.79 Å². The van der Waals surface area contributed by atoms with Crippen LogP contribution in [0.1, 0.15) is 24.2 Å². The van der Waals surface area contributed by atoms with Crippen molar-refractivity contribution in [2.24, 2.45) is 11.8 Å². The number of aromatic nitrogens is 2. The molecule has 4 atom stereocenters. The molecule has 1 amide bonds. The third-order valence-corrected chi connectivity index (χ3v) is 5.12. The first-order valence-corrected chi connectivity index (χ1v) is 7.05. The van der Waals surface area contributed by atoms with Crippen molar-refractivity contribution >= 4 is 5.91 Å². The standard InChI is InChI=1S/C13H18N4O2/c1-7-10(16-19-15-7)4-13(18)17-11-2-3-12(17)9-6-14-5-8(9)11/h8-9,11-12,14H,2-6H2,1H3/t8-,9+,11-,12+. The van der Waals surface area contributed by atoms with Crippen molar-refractivity contribution in [1.82, 2.24) is 20.5 Å². The van der Waals surface area contributed by atoms with Crippen molar-refractivity contribution in [3.8, 4) is 0 Å². The van der Waals surface area contributed by atoms with Gasteiger partial charge in [-0.2, -0.15) is 0 Å². The molecule has 19 heavy (non-hydrogen) atoms. The van der Waals surface area contributed by atoms with E-state index < -0.39 is 0 Å². The lowest BCUT2D eigenvalue weighted by atomic mass is 9.82. The topological polar surface area (TPSA) is 71.3 Å². The van der Waals surface area contributed by atoms with Gasteiger partial charge in [-0.15, -0.1) is 0 Å². The zero-order valence-electron chi connectivity index (χ0n) is 11.0. The van der Waals surface area contributed by atoms with Crippen molar-refractivity contribution in [3.63, 3.8) is 0 Å². The van der Waals surface area contributed by atoms with Crippen LogP contribution in [0, 0.1) is 18.8 Å². The molecule has 0 saturated carbocycles. The second-order valence-electron chi connectivity index (χ2n) is 5.97. The summed E-state index contributed by atoms with van der Waals surface area (Å²) in [5.41, 5.74) is 1.40. The molecular weight excluding hydrogens is 244 g/mol. The number of aryl methyl sites for hydroxylation is 1. The fourth-order valence-electron chi connectivity index (χ4n) is 4.28. The summed E-state index contributed by atoms with van der Waals surface area (Å²) in [6.45, 7) is 3.97. The van der Waals surface area contributed by atoms with E-state index in [1.807, 2.05) is 6.92 Å². The Morgan fingerprint density at radius 1 is 1.32 bits per heavy atom. The number of nitrogens with one attached hydrogen (secondary N) is 1. The monoisotopic (exact) mass is 262 g/mol. The Balaban J connectivity index is 1.54. The second kappa shape index (κ2) is 4.03. The molecule has 1 aromatic rings. The number of hydrogen-bond donors (Lipinski definition) is 1. The van der Waals surface area contributed by atoms with E-state index in [2.05, 4.69) is 25.2 Å². The van der Waals surface area contributed by atoms with E-state index in [1.54, 1.807) is 0 Å². The Kier molecular flexibility index (Phi) is 2.42. The summed E-state index contributed by atoms with van der Waals surface area (Å²) in [6, 6.07) is 0.885. The van der Waals surface area contributed by atoms with E-state index >= 15 is 0 Å². The van der Waals surface area contributed by atoms with E-state index in [0.29, 0.717) is 36.0 Å². The maximum absolute atomic E-state index is 12.6. The van der Waals surface area contributed by atoms with Crippen molar-refractivity contribution < 1.29 is 9.42 Å². The van der Waals surface area contributed by atoms with Crippen LogP contribution in [0.15, 0.2) is 4.63 Å². The number of nitrogens with zero attached hydrogens (tertiary/aromatic N) is 3. The fourth-order valence-corrected chi connectivity index (χ4v) is 4.28. The number of carbonyl (C=O) groups excluding carboxylic acids is 1. The highest BCUT2D eigenvalue weighted by atomic mass is 16.6. The van der Waals surface area contributed by atoms with Gasteiger partial charge in [-0.05, 0) is 31.6 Å². The van der Waals surface area contributed by atoms with Gasteiger partial charge in [0, 0.05) is 25.2 Å². The molecular formula is C13H18N4O2. The highest BCUT2D eigenvalue weighted by Gasteiger charge is 2.56. The zero-order valence-corrected chi connectivity index (χ0v) is 11.0. The minimum Gasteiger partial charge on any atom is -0.336 e. The van der Waals surface area contributed by atoms with Crippen molar-refractivity contribution in [2.75, 3.05) is 13.1 Å². The van der Waals surface area contributed by atoms with E-state index in [-0.39, 0.29) is 5.91 Å². The number of hydrogen-bond acceptors (Lipinski definition) is 5. The molecule has 6 heteroatoms. The van der Waals surface area contributed by atoms with Crippen molar-refractivity contribution in [2.45, 2.75) is 38.3 Å². The molecule has 102 valence electrons. The highest BCUT2D eigenvalue weighted by molar-refractivity contribution is 5.80. The highest BCUT2D eigenvalue weighted by Crippen LogP contribution is 2.47. The molecule has 0 radical (unpaired) electrons. The van der Waals surface area contributed by atoms with Gasteiger partial charge in [-0.25, -0.2) is 4.63 Å². The number of rotatable bonds is 2. The predicted octanol–water partition coefficient (Wildman–Crippen LogP) is 0.129. The Morgan fingerprint density at radius 2 is 2.00 bits per heavy atom. The van der Waals surface area contributed by atoms with E-state index in [1.165, 1.54) is 0 Å². The summed E-state index contributed by atoms with van der Waals surface area (Å²) in [5.74, 6) is 1.53. The molecule has 6 nitrogen and oxygen atoms in total. The lowest BCUT2D eigenvalue weighted by molar-refractivity contribution is -0.132. The molecule has 2 bridgehead atoms. The summed E-state index contributed by atoms with van der Waals surface area (Å²) in [7, 11) is 0. The van der Waals surface area contributed by atoms with Crippen LogP contribution in [0.25, 0.3) is 0 Å². The number of amides is 1. The molecule has 4 heterocycles. The SMILES string of the molecule is Cc1nonc1CC(=O)N1[C@@H]2CC[C@H]1[C@H]1CNC[C@H]12. The summed E-state index contributed by atoms with van der Waals surface area (Å²) < 4.78 is 4.67. The van der Waals surface area contributed by atoms with Crippen molar-refractivity contribution in [3.05, 3.63) is 11.4 Å². The molecule has 0 aliphatic carbocycles. The second-order valence-corrected chi connectivity index (χ2v) is 5.97. The van der Waals surface area contributed by atoms with Crippen LogP contribution in [0.3, 0.4) is 0 Å². The molecule has 4 rings (SSSR count). The first-order valence-electron chi connectivity index (χ1n) is 7.05. The van der Waals surface area contributed by atoms with Crippen LogP contribution in [0.5, 0.6) is 0 Å². The largest absolute Gasteiger partial charge is 0.336 e. The van der Waals surface area contributed by atoms with Crippen LogP contribution in [0.4, 0.5) is 0 Å². The Bertz CT molecular complexity index is 496. The minimum atomic E-state index is 0.195. The Hall–Kier alpha value is -1.43. The number of carbonyl (C=O) groups is 1. The fraction of sp³-hybridized carbons (Fsp3) is 0.769. The smallest absolute Gasteiger partial charge is 0.229 e. The molecule has 1 N–H and O–H groups in total. The minimum absolute atomic E-state index is 0.195. The lowest BCUT2D eigenvalue weighted by Crippen LogP contribution is -2.40. The molecule has 3 aliphatic heterocycles. The van der Waals surface area contributed by atoms with Gasteiger partial charge in [0.1, 0.15) is 11.4 Å². The van der Waals surface area contributed by atoms with E-state index in [9.17, 15) is 4.79 Å². The summed E-state index contributed by atoms with van der Waals surface area (Å²) in [5, 5.41) is 11.0. The van der Waals surface area contributed by atoms with Crippen molar-refractivity contribution in [1.29, 1.82) is 0 Å². The Labute approximate surface area is 111 Å². The first kappa shape index (κ1) is 11.4. The summed E-state index contributed by atoms with van der Waals surface area (Å²) in [6.07, 6.45) is 2.65. The molecule has 3 fully saturated rings. The molecule has 3 saturated heterocycles. The molecule has 0 aromatic carbocycles. The average molecular weight is 262 g/mol. The van der Waals surface area contributed by atoms with E-state index in [0.717, 1.165) is 31.6 Å². The van der Waals surface area contributed by atoms with Gasteiger partial charge in [0.2, 0.25) is 5.91 Å². The number of fused-ring (bicyclic) bond motifs is 5. The van der Waals surface area contributed by atoms with Gasteiger partial charge in [0.15, 0.2) is 0 Å². The van der Waals surface area contributed by atoms with Gasteiger partial charge < -0.3 is 10.2 Å². The van der Waals surface area contributed by atoms with Gasteiger partial charge in [-0.1, -0.05) is 10.3 Å². The van der Waals surface area contributed by atoms with E-state index in [4.69, 9.17) is 0 Å². The van der Waals surface area contributed by atoms with Gasteiger partial charge in [0.05, 0.1) is 6.42 Å². The predicted molar refractivity (Wildman–Crippen MR) is 66.2 cm³/mol. The maximum atomic E-state index is 12.6. The quantitative estimate of drug-likeness (QED) is 0.820. The summed E-state index contributed by atoms with van der Waals surface area (Å²) >= 11 is 0. The third-order valence-electron chi connectivity index (χ3n) is 5.12. The molecule has 0 unspecified atom stereocenters. The van der Waals surface area contributed by atoms with Gasteiger partial charge >= 0.3 is 0 Å². The molecule has 1 aromatic heterocycles. The maximum Gasteiger partial charge on any atom is 0.229 e.